The summed E-state index contributed by atoms with van der Waals surface area (Å²) in [7, 11) is 0. The zero-order chi connectivity index (χ0) is 46.4. The van der Waals surface area contributed by atoms with Gasteiger partial charge in [0.1, 0.15) is 36.2 Å². The summed E-state index contributed by atoms with van der Waals surface area (Å²) in [5.74, 6) is -1.52. The fourth-order valence-electron chi connectivity index (χ4n) is 7.49. The lowest BCUT2D eigenvalue weighted by atomic mass is 9.92. The molecule has 9 N–H and O–H groups in total. The van der Waals surface area contributed by atoms with E-state index >= 15 is 0 Å². The van der Waals surface area contributed by atoms with Crippen molar-refractivity contribution in [1.29, 1.82) is 5.41 Å². The number of hydrogen-bond acceptors (Lipinski definition) is 9. The second kappa shape index (κ2) is 26.0. The minimum atomic E-state index is -1.13. The smallest absolute Gasteiger partial charge is 0.329 e. The normalized spacial score (nSPS) is 12.3. The molecule has 0 spiro atoms. The van der Waals surface area contributed by atoms with E-state index in [4.69, 9.17) is 31.1 Å². The number of nitrogens with one attached hydrogen (secondary N) is 5. The summed E-state index contributed by atoms with van der Waals surface area (Å²) in [5.41, 5.74) is 13.7. The summed E-state index contributed by atoms with van der Waals surface area (Å²) in [4.78, 5) is 55.0. The summed E-state index contributed by atoms with van der Waals surface area (Å²) >= 11 is 0. The summed E-state index contributed by atoms with van der Waals surface area (Å²) < 4.78 is 18.4. The third-order valence-electron chi connectivity index (χ3n) is 10.8. The summed E-state index contributed by atoms with van der Waals surface area (Å²) in [5, 5.41) is 22.5. The van der Waals surface area contributed by atoms with Gasteiger partial charge in [-0.3, -0.25) is 19.8 Å². The number of rotatable bonds is 27. The van der Waals surface area contributed by atoms with Crippen molar-refractivity contribution in [1.82, 2.24) is 21.3 Å². The van der Waals surface area contributed by atoms with Crippen LogP contribution in [-0.4, -0.2) is 74.1 Å². The molecule has 14 nitrogen and oxygen atoms in total. The number of hydrogen-bond donors (Lipinski definition) is 7. The molecule has 5 aromatic rings. The number of esters is 1. The van der Waals surface area contributed by atoms with Gasteiger partial charge in [-0.05, 0) is 90.7 Å². The summed E-state index contributed by atoms with van der Waals surface area (Å²) in [6.07, 6.45) is 6.38. The van der Waals surface area contributed by atoms with E-state index in [0.717, 1.165) is 57.5 Å². The summed E-state index contributed by atoms with van der Waals surface area (Å²) in [6.45, 7) is 6.65. The Morgan fingerprint density at radius 2 is 1.28 bits per heavy atom. The van der Waals surface area contributed by atoms with Crippen LogP contribution in [0.15, 0.2) is 116 Å². The second-order valence-electron chi connectivity index (χ2n) is 15.8. The first-order chi connectivity index (χ1) is 31.6. The topological polar surface area (TPSA) is 220 Å². The van der Waals surface area contributed by atoms with E-state index in [2.05, 4.69) is 40.8 Å². The number of benzene rings is 5. The van der Waals surface area contributed by atoms with Gasteiger partial charge in [0.15, 0.2) is 12.6 Å². The predicted octanol–water partition coefficient (Wildman–Crippen LogP) is 6.77. The first kappa shape index (κ1) is 49.1. The average Bonchev–Trinajstić information content (AvgIpc) is 3.31. The van der Waals surface area contributed by atoms with Gasteiger partial charge in [0.25, 0.3) is 5.91 Å². The number of carbonyl (C=O) groups excluding carboxylic acids is 4. The Morgan fingerprint density at radius 1 is 0.692 bits per heavy atom. The third-order valence-corrected chi connectivity index (χ3v) is 10.8. The molecule has 0 bridgehead atoms. The quantitative estimate of drug-likeness (QED) is 0.00964. The highest BCUT2D eigenvalue weighted by Crippen LogP contribution is 2.45. The van der Waals surface area contributed by atoms with Gasteiger partial charge in [-0.15, -0.1) is 6.58 Å². The van der Waals surface area contributed by atoms with Crippen LogP contribution < -0.4 is 42.2 Å². The van der Waals surface area contributed by atoms with E-state index in [1.807, 2.05) is 97.1 Å². The lowest BCUT2D eigenvalue weighted by Gasteiger charge is -2.25. The van der Waals surface area contributed by atoms with Crippen molar-refractivity contribution in [2.24, 2.45) is 11.5 Å². The minimum absolute atomic E-state index is 0.00782. The molecule has 3 amide bonds. The third kappa shape index (κ3) is 14.8. The zero-order valence-electron chi connectivity index (χ0n) is 37.2. The molecule has 0 radical (unpaired) electrons. The van der Waals surface area contributed by atoms with Gasteiger partial charge < -0.3 is 46.9 Å². The van der Waals surface area contributed by atoms with Crippen LogP contribution in [0.1, 0.15) is 70.3 Å². The molecule has 0 aliphatic heterocycles. The van der Waals surface area contributed by atoms with Crippen LogP contribution in [-0.2, 0) is 30.5 Å². The Balaban J connectivity index is 1.36. The van der Waals surface area contributed by atoms with E-state index in [0.29, 0.717) is 43.9 Å². The van der Waals surface area contributed by atoms with Gasteiger partial charge in [-0.25, -0.2) is 4.79 Å². The first-order valence-electron chi connectivity index (χ1n) is 22.4. The monoisotopic (exact) mass is 885 g/mol. The molecule has 3 atom stereocenters. The lowest BCUT2D eigenvalue weighted by molar-refractivity contribution is -0.149. The highest BCUT2D eigenvalue weighted by Gasteiger charge is 2.30. The molecule has 344 valence electrons. The maximum Gasteiger partial charge on any atom is 0.329 e. The van der Waals surface area contributed by atoms with Gasteiger partial charge in [0, 0.05) is 17.7 Å². The second-order valence-corrected chi connectivity index (χ2v) is 15.8. The maximum atomic E-state index is 14.1. The molecule has 0 saturated heterocycles. The Hall–Kier alpha value is -6.93. The molecule has 0 unspecified atom stereocenters. The van der Waals surface area contributed by atoms with Gasteiger partial charge in [0.05, 0.1) is 6.61 Å². The molecule has 0 aliphatic carbocycles. The van der Waals surface area contributed by atoms with E-state index in [1.165, 1.54) is 6.08 Å². The molecule has 0 fully saturated rings. The SMILES string of the molecule is C=CC[C@H](NC(=O)[C@@H](CCCNC(=N)N)NC(=O)[C@@H](CCCCN)NC(=O)COc1ccc2ccccc2c1-c1c(OCCCCC)ccc2ccccc12)C(=O)OCc1ccccc1. The van der Waals surface area contributed by atoms with Crippen LogP contribution in [0.2, 0.25) is 0 Å². The standard InChI is InChI=1S/C51H63N7O7/c1-3-5-15-32-63-43-28-26-36-20-9-11-22-38(36)46(43)47-39-23-12-10-21-37(39)27-29-44(47)64-34-45(59)56-40(24-13-14-30-52)48(60)57-41(25-16-31-55-51(53)54)49(61)58-42(17-4-2)50(62)65-33-35-18-7-6-8-19-35/h4,6-12,18-23,26-29,40-42H,2-3,5,13-17,24-25,30-34,52H2,1H3,(H,56,59)(H,57,60)(H,58,61)(H4,53,54,55)/t40-,41-,42+/m1/s1. The van der Waals surface area contributed by atoms with E-state index in [1.54, 1.807) is 0 Å². The van der Waals surface area contributed by atoms with Crippen LogP contribution in [0.3, 0.4) is 0 Å². The first-order valence-corrected chi connectivity index (χ1v) is 22.4. The number of ether oxygens (including phenoxy) is 3. The van der Waals surface area contributed by atoms with E-state index < -0.39 is 48.4 Å². The summed E-state index contributed by atoms with van der Waals surface area (Å²) in [6, 6.07) is 29.8. The molecule has 5 aromatic carbocycles. The minimum Gasteiger partial charge on any atom is -0.493 e. The number of guanidine groups is 1. The Labute approximate surface area is 381 Å². The highest BCUT2D eigenvalue weighted by atomic mass is 16.5. The van der Waals surface area contributed by atoms with Crippen LogP contribution in [0.25, 0.3) is 32.7 Å². The van der Waals surface area contributed by atoms with Crippen LogP contribution >= 0.6 is 0 Å². The van der Waals surface area contributed by atoms with Crippen molar-refractivity contribution in [3.8, 4) is 22.6 Å². The molecular weight excluding hydrogens is 823 g/mol. The number of amides is 3. The number of fused-ring (bicyclic) bond motifs is 2. The lowest BCUT2D eigenvalue weighted by Crippen LogP contribution is -2.56. The highest BCUT2D eigenvalue weighted by molar-refractivity contribution is 6.10. The van der Waals surface area contributed by atoms with Gasteiger partial charge >= 0.3 is 5.97 Å². The Morgan fingerprint density at radius 3 is 1.89 bits per heavy atom. The van der Waals surface area contributed by atoms with Crippen molar-refractivity contribution in [3.63, 3.8) is 0 Å². The molecule has 65 heavy (non-hydrogen) atoms. The molecule has 0 saturated carbocycles. The van der Waals surface area contributed by atoms with Crippen molar-refractivity contribution in [2.45, 2.75) is 89.4 Å². The Kier molecular flexibility index (Phi) is 19.6. The Bertz CT molecular complexity index is 2370. The molecule has 5 rings (SSSR count). The van der Waals surface area contributed by atoms with Crippen LogP contribution in [0.5, 0.6) is 11.5 Å². The number of unbranched alkanes of at least 4 members (excludes halogenated alkanes) is 3. The molecule has 0 heterocycles. The van der Waals surface area contributed by atoms with Crippen molar-refractivity contribution in [3.05, 3.63) is 121 Å². The molecule has 0 aliphatic rings. The fraction of sp³-hybridized carbons (Fsp3) is 0.353. The van der Waals surface area contributed by atoms with Gasteiger partial charge in [-0.1, -0.05) is 117 Å². The van der Waals surface area contributed by atoms with Crippen LogP contribution in [0.4, 0.5) is 0 Å². The van der Waals surface area contributed by atoms with Gasteiger partial charge in [0.2, 0.25) is 11.8 Å². The number of carbonyl (C=O) groups is 4. The van der Waals surface area contributed by atoms with Crippen molar-refractivity contribution >= 4 is 51.2 Å². The average molecular weight is 886 g/mol. The maximum absolute atomic E-state index is 14.1. The molecule has 14 heteroatoms. The zero-order valence-corrected chi connectivity index (χ0v) is 37.2. The van der Waals surface area contributed by atoms with Gasteiger partial charge in [-0.2, -0.15) is 0 Å². The molecular formula is C51H63N7O7. The number of nitrogens with two attached hydrogens (primary N) is 2. The van der Waals surface area contributed by atoms with Crippen molar-refractivity contribution in [2.75, 3.05) is 26.3 Å². The molecule has 0 aromatic heterocycles. The predicted molar refractivity (Wildman–Crippen MR) is 256 cm³/mol. The van der Waals surface area contributed by atoms with Crippen molar-refractivity contribution < 1.29 is 33.4 Å². The van der Waals surface area contributed by atoms with E-state index in [9.17, 15) is 19.2 Å². The van der Waals surface area contributed by atoms with E-state index in [-0.39, 0.29) is 38.4 Å². The largest absolute Gasteiger partial charge is 0.493 e. The fourth-order valence-corrected chi connectivity index (χ4v) is 7.49. The van der Waals surface area contributed by atoms with Crippen LogP contribution in [0, 0.1) is 5.41 Å².